The number of aryl methyl sites for hydroxylation is 1. The quantitative estimate of drug-likeness (QED) is 0.647. The number of ether oxygens (including phenoxy) is 1. The summed E-state index contributed by atoms with van der Waals surface area (Å²) in [5, 5.41) is 5.68. The minimum atomic E-state index is -0.817. The summed E-state index contributed by atoms with van der Waals surface area (Å²) in [5.41, 5.74) is 4.29. The van der Waals surface area contributed by atoms with Crippen LogP contribution < -0.4 is 20.3 Å². The zero-order chi connectivity index (χ0) is 21.8. The average Bonchev–Trinajstić information content (AvgIpc) is 3.22. The molecular weight excluding hydrogens is 390 g/mol. The standard InChI is InChI=1S/C25H25N3O3/c1-17-12-13-22(31-2)20(16-17)26-25(30)27-23(19-9-4-3-5-10-19)24(29)28-15-14-18-8-6-7-11-21(18)28/h3-13,16,23H,14-15H2,1-2H3,(H2,26,27,30)/t23-/m0/s1. The molecule has 0 radical (unpaired) electrons. The Bertz CT molecular complexity index is 1100. The van der Waals surface area contributed by atoms with Crippen LogP contribution in [0.2, 0.25) is 0 Å². The summed E-state index contributed by atoms with van der Waals surface area (Å²) < 4.78 is 5.34. The number of anilines is 2. The number of methoxy groups -OCH3 is 1. The van der Waals surface area contributed by atoms with E-state index in [0.717, 1.165) is 28.8 Å². The number of fused-ring (bicyclic) bond motifs is 1. The van der Waals surface area contributed by atoms with Crippen molar-refractivity contribution >= 4 is 23.3 Å². The van der Waals surface area contributed by atoms with Crippen LogP contribution in [0.25, 0.3) is 0 Å². The van der Waals surface area contributed by atoms with Crippen LogP contribution in [0.1, 0.15) is 22.7 Å². The second-order valence-electron chi connectivity index (χ2n) is 7.51. The molecule has 0 aromatic heterocycles. The molecule has 0 unspecified atom stereocenters. The molecule has 1 atom stereocenters. The largest absolute Gasteiger partial charge is 0.495 e. The molecule has 0 spiro atoms. The van der Waals surface area contributed by atoms with Gasteiger partial charge < -0.3 is 20.3 Å². The molecule has 0 fully saturated rings. The minimum Gasteiger partial charge on any atom is -0.495 e. The van der Waals surface area contributed by atoms with E-state index in [-0.39, 0.29) is 5.91 Å². The van der Waals surface area contributed by atoms with Crippen LogP contribution in [0.5, 0.6) is 5.75 Å². The molecule has 1 aliphatic heterocycles. The van der Waals surface area contributed by atoms with Gasteiger partial charge in [0, 0.05) is 12.2 Å². The van der Waals surface area contributed by atoms with Crippen molar-refractivity contribution in [1.82, 2.24) is 5.32 Å². The molecule has 4 rings (SSSR count). The SMILES string of the molecule is COc1ccc(C)cc1NC(=O)N[C@H](C(=O)N1CCc2ccccc21)c1ccccc1. The average molecular weight is 415 g/mol. The lowest BCUT2D eigenvalue weighted by atomic mass is 10.1. The molecule has 1 heterocycles. The Hall–Kier alpha value is -3.80. The number of para-hydroxylation sites is 1. The van der Waals surface area contributed by atoms with Crippen molar-refractivity contribution in [3.63, 3.8) is 0 Å². The van der Waals surface area contributed by atoms with Crippen molar-refractivity contribution in [2.45, 2.75) is 19.4 Å². The van der Waals surface area contributed by atoms with Crippen molar-refractivity contribution in [2.24, 2.45) is 0 Å². The van der Waals surface area contributed by atoms with E-state index in [1.54, 1.807) is 18.1 Å². The number of carbonyl (C=O) groups excluding carboxylic acids is 2. The Morgan fingerprint density at radius 3 is 2.52 bits per heavy atom. The van der Waals surface area contributed by atoms with Gasteiger partial charge in [-0.3, -0.25) is 4.79 Å². The number of hydrogen-bond acceptors (Lipinski definition) is 3. The van der Waals surface area contributed by atoms with Crippen molar-refractivity contribution in [2.75, 3.05) is 23.9 Å². The topological polar surface area (TPSA) is 70.7 Å². The van der Waals surface area contributed by atoms with Gasteiger partial charge in [-0.25, -0.2) is 4.79 Å². The van der Waals surface area contributed by atoms with Gasteiger partial charge in [0.15, 0.2) is 0 Å². The Morgan fingerprint density at radius 1 is 1.00 bits per heavy atom. The molecule has 0 aliphatic carbocycles. The fraction of sp³-hybridized carbons (Fsp3) is 0.200. The van der Waals surface area contributed by atoms with E-state index >= 15 is 0 Å². The lowest BCUT2D eigenvalue weighted by molar-refractivity contribution is -0.120. The highest BCUT2D eigenvalue weighted by Gasteiger charge is 2.32. The van der Waals surface area contributed by atoms with E-state index in [1.807, 2.05) is 73.7 Å². The van der Waals surface area contributed by atoms with Gasteiger partial charge in [0.1, 0.15) is 11.8 Å². The van der Waals surface area contributed by atoms with Crippen LogP contribution in [0, 0.1) is 6.92 Å². The third-order valence-electron chi connectivity index (χ3n) is 5.41. The molecule has 0 bridgehead atoms. The zero-order valence-electron chi connectivity index (χ0n) is 17.6. The number of nitrogens with one attached hydrogen (secondary N) is 2. The number of urea groups is 1. The van der Waals surface area contributed by atoms with Gasteiger partial charge in [-0.1, -0.05) is 54.6 Å². The predicted octanol–water partition coefficient (Wildman–Crippen LogP) is 4.46. The van der Waals surface area contributed by atoms with E-state index in [2.05, 4.69) is 10.6 Å². The predicted molar refractivity (Wildman–Crippen MR) is 122 cm³/mol. The van der Waals surface area contributed by atoms with Crippen molar-refractivity contribution in [1.29, 1.82) is 0 Å². The first kappa shape index (κ1) is 20.5. The highest BCUT2D eigenvalue weighted by Crippen LogP contribution is 2.31. The molecule has 31 heavy (non-hydrogen) atoms. The molecule has 158 valence electrons. The third-order valence-corrected chi connectivity index (χ3v) is 5.41. The van der Waals surface area contributed by atoms with Crippen LogP contribution in [0.4, 0.5) is 16.2 Å². The fourth-order valence-corrected chi connectivity index (χ4v) is 3.87. The number of hydrogen-bond donors (Lipinski definition) is 2. The Morgan fingerprint density at radius 2 is 1.74 bits per heavy atom. The zero-order valence-corrected chi connectivity index (χ0v) is 17.6. The van der Waals surface area contributed by atoms with Crippen LogP contribution >= 0.6 is 0 Å². The first-order valence-electron chi connectivity index (χ1n) is 10.2. The Balaban J connectivity index is 1.59. The van der Waals surface area contributed by atoms with E-state index in [1.165, 1.54) is 0 Å². The molecule has 1 aliphatic rings. The first-order valence-corrected chi connectivity index (χ1v) is 10.2. The van der Waals surface area contributed by atoms with Crippen LogP contribution in [0.15, 0.2) is 72.8 Å². The van der Waals surface area contributed by atoms with Crippen molar-refractivity contribution in [3.8, 4) is 5.75 Å². The van der Waals surface area contributed by atoms with E-state index < -0.39 is 12.1 Å². The maximum atomic E-state index is 13.5. The smallest absolute Gasteiger partial charge is 0.320 e. The molecule has 3 amide bonds. The number of nitrogens with zero attached hydrogens (tertiary/aromatic N) is 1. The summed E-state index contributed by atoms with van der Waals surface area (Å²) in [6, 6.07) is 21.4. The van der Waals surface area contributed by atoms with Gasteiger partial charge in [0.05, 0.1) is 12.8 Å². The molecule has 0 saturated heterocycles. The van der Waals surface area contributed by atoms with E-state index in [9.17, 15) is 9.59 Å². The normalized spacial score (nSPS) is 13.3. The second-order valence-corrected chi connectivity index (χ2v) is 7.51. The van der Waals surface area contributed by atoms with Crippen molar-refractivity contribution < 1.29 is 14.3 Å². The summed E-state index contributed by atoms with van der Waals surface area (Å²) >= 11 is 0. The summed E-state index contributed by atoms with van der Waals surface area (Å²) in [4.78, 5) is 28.2. The number of amides is 3. The van der Waals surface area contributed by atoms with Crippen LogP contribution in [-0.2, 0) is 11.2 Å². The van der Waals surface area contributed by atoms with Gasteiger partial charge >= 0.3 is 6.03 Å². The third kappa shape index (κ3) is 4.38. The van der Waals surface area contributed by atoms with Gasteiger partial charge in [-0.05, 0) is 48.2 Å². The molecule has 6 nitrogen and oxygen atoms in total. The maximum absolute atomic E-state index is 13.5. The molecule has 3 aromatic rings. The maximum Gasteiger partial charge on any atom is 0.320 e. The lowest BCUT2D eigenvalue weighted by Gasteiger charge is -2.25. The highest BCUT2D eigenvalue weighted by molar-refractivity contribution is 6.02. The molecular formula is C25H25N3O3. The number of benzene rings is 3. The molecule has 6 heteroatoms. The van der Waals surface area contributed by atoms with Gasteiger partial charge in [-0.15, -0.1) is 0 Å². The Kier molecular flexibility index (Phi) is 5.89. The van der Waals surface area contributed by atoms with Crippen LogP contribution in [0.3, 0.4) is 0 Å². The monoisotopic (exact) mass is 415 g/mol. The van der Waals surface area contributed by atoms with Gasteiger partial charge in [-0.2, -0.15) is 0 Å². The van der Waals surface area contributed by atoms with E-state index in [4.69, 9.17) is 4.74 Å². The first-order chi connectivity index (χ1) is 15.1. The van der Waals surface area contributed by atoms with Gasteiger partial charge in [0.2, 0.25) is 0 Å². The van der Waals surface area contributed by atoms with Crippen LogP contribution in [-0.4, -0.2) is 25.6 Å². The number of carbonyl (C=O) groups is 2. The minimum absolute atomic E-state index is 0.164. The Labute approximate surface area is 181 Å². The number of rotatable bonds is 5. The summed E-state index contributed by atoms with van der Waals surface area (Å²) in [6.07, 6.45) is 0.802. The lowest BCUT2D eigenvalue weighted by Crippen LogP contribution is -2.43. The van der Waals surface area contributed by atoms with E-state index in [0.29, 0.717) is 18.0 Å². The summed E-state index contributed by atoms with van der Waals surface area (Å²) in [7, 11) is 1.55. The molecule has 2 N–H and O–H groups in total. The fourth-order valence-electron chi connectivity index (χ4n) is 3.87. The summed E-state index contributed by atoms with van der Waals surface area (Å²) in [6.45, 7) is 2.53. The van der Waals surface area contributed by atoms with Gasteiger partial charge in [0.25, 0.3) is 5.91 Å². The summed E-state index contributed by atoms with van der Waals surface area (Å²) in [5.74, 6) is 0.388. The molecule has 3 aromatic carbocycles. The van der Waals surface area contributed by atoms with Crippen molar-refractivity contribution in [3.05, 3.63) is 89.5 Å². The highest BCUT2D eigenvalue weighted by atomic mass is 16.5. The second kappa shape index (κ2) is 8.92. The molecule has 0 saturated carbocycles.